The Morgan fingerprint density at radius 1 is 1.00 bits per heavy atom. The molecule has 10 nitrogen and oxygen atoms in total. The Morgan fingerprint density at radius 2 is 1.88 bits per heavy atom. The number of hydrogen-bond donors (Lipinski definition) is 1. The van der Waals surface area contributed by atoms with Gasteiger partial charge in [-0.25, -0.2) is 4.98 Å². The van der Waals surface area contributed by atoms with Crippen LogP contribution < -0.4 is 5.32 Å². The average molecular weight is 434 g/mol. The number of para-hydroxylation sites is 1. The lowest BCUT2D eigenvalue weighted by Gasteiger charge is -2.10. The maximum absolute atomic E-state index is 11.0. The second-order valence-corrected chi connectivity index (χ2v) is 7.03. The zero-order valence-electron chi connectivity index (χ0n) is 17.0. The molecule has 0 saturated carbocycles. The summed E-state index contributed by atoms with van der Waals surface area (Å²) in [6.07, 6.45) is 1.45. The highest BCUT2D eigenvalue weighted by molar-refractivity contribution is 5.79. The van der Waals surface area contributed by atoms with Crippen LogP contribution >= 0.6 is 0 Å². The smallest absolute Gasteiger partial charge is 0.270 e. The number of aromatic nitrogens is 5. The normalized spacial score (nSPS) is 10.6. The van der Waals surface area contributed by atoms with Gasteiger partial charge in [0.05, 0.1) is 22.3 Å². The molecule has 3 heterocycles. The molecule has 158 valence electrons. The fraction of sp³-hybridized carbons (Fsp3) is 0. The number of benzene rings is 2. The highest BCUT2D eigenvalue weighted by Gasteiger charge is 2.15. The topological polar surface area (TPSA) is 135 Å². The summed E-state index contributed by atoms with van der Waals surface area (Å²) in [6, 6.07) is 23.1. The molecule has 0 bridgehead atoms. The fourth-order valence-corrected chi connectivity index (χ4v) is 3.35. The van der Waals surface area contributed by atoms with Crippen LogP contribution in [0.3, 0.4) is 0 Å². The second kappa shape index (κ2) is 8.16. The Bertz CT molecular complexity index is 1540. The van der Waals surface area contributed by atoms with E-state index in [2.05, 4.69) is 31.7 Å². The molecule has 0 spiro atoms. The summed E-state index contributed by atoms with van der Waals surface area (Å²) in [7, 11) is 0. The van der Waals surface area contributed by atoms with E-state index < -0.39 is 4.92 Å². The minimum Gasteiger partial charge on any atom is -0.322 e. The summed E-state index contributed by atoms with van der Waals surface area (Å²) in [5.74, 6) is 1.32. The summed E-state index contributed by atoms with van der Waals surface area (Å²) in [5.41, 5.74) is 2.15. The van der Waals surface area contributed by atoms with Crippen molar-refractivity contribution in [2.45, 2.75) is 0 Å². The van der Waals surface area contributed by atoms with Gasteiger partial charge in [-0.3, -0.25) is 10.1 Å². The van der Waals surface area contributed by atoms with Gasteiger partial charge in [0.25, 0.3) is 5.69 Å². The third-order valence-corrected chi connectivity index (χ3v) is 4.95. The zero-order chi connectivity index (χ0) is 22.8. The molecule has 2 aromatic carbocycles. The number of rotatable bonds is 5. The molecule has 33 heavy (non-hydrogen) atoms. The van der Waals surface area contributed by atoms with Crippen LogP contribution in [0.15, 0.2) is 79.0 Å². The van der Waals surface area contributed by atoms with E-state index in [0.717, 1.165) is 10.9 Å². The number of hydrogen-bond acceptors (Lipinski definition) is 8. The zero-order valence-corrected chi connectivity index (χ0v) is 17.0. The Labute approximate surface area is 186 Å². The Morgan fingerprint density at radius 3 is 2.67 bits per heavy atom. The maximum atomic E-state index is 11.0. The van der Waals surface area contributed by atoms with Crippen LogP contribution in [0.5, 0.6) is 0 Å². The highest BCUT2D eigenvalue weighted by atomic mass is 16.6. The van der Waals surface area contributed by atoms with Crippen molar-refractivity contribution >= 4 is 28.2 Å². The van der Waals surface area contributed by atoms with E-state index in [1.54, 1.807) is 24.3 Å². The third-order valence-electron chi connectivity index (χ3n) is 4.95. The first-order valence-electron chi connectivity index (χ1n) is 9.82. The van der Waals surface area contributed by atoms with Gasteiger partial charge in [0.15, 0.2) is 17.5 Å². The Balaban J connectivity index is 1.47. The summed E-state index contributed by atoms with van der Waals surface area (Å²) in [4.78, 5) is 15.2. The monoisotopic (exact) mass is 434 g/mol. The molecule has 5 aromatic rings. The van der Waals surface area contributed by atoms with Gasteiger partial charge in [-0.05, 0) is 30.3 Å². The predicted molar refractivity (Wildman–Crippen MR) is 121 cm³/mol. The summed E-state index contributed by atoms with van der Waals surface area (Å²) in [6.45, 7) is 0. The van der Waals surface area contributed by atoms with Crippen LogP contribution in [0.25, 0.3) is 28.0 Å². The number of nitrogens with one attached hydrogen (secondary N) is 1. The number of nitro groups is 1. The summed E-state index contributed by atoms with van der Waals surface area (Å²) >= 11 is 0. The van der Waals surface area contributed by atoms with Gasteiger partial charge in [0.1, 0.15) is 11.6 Å². The standard InChI is InChI=1S/C23H14N8O2/c24-13-17-14-25-30(22-11-8-15-4-1-2-7-19(15)26-22)23(17)27-21-10-9-20(28-29-21)16-5-3-6-18(12-16)31(32)33/h1-12,14H,(H,27,29). The van der Waals surface area contributed by atoms with Crippen molar-refractivity contribution in [2.75, 3.05) is 5.32 Å². The van der Waals surface area contributed by atoms with Crippen LogP contribution in [-0.4, -0.2) is 29.9 Å². The lowest BCUT2D eigenvalue weighted by Crippen LogP contribution is -2.06. The number of non-ortho nitro benzene ring substituents is 1. The van der Waals surface area contributed by atoms with Crippen LogP contribution in [-0.2, 0) is 0 Å². The molecule has 0 amide bonds. The largest absolute Gasteiger partial charge is 0.322 e. The SMILES string of the molecule is N#Cc1cnn(-c2ccc3ccccc3n2)c1Nc1ccc(-c2cccc([N+](=O)[O-])c2)nn1. The first-order chi connectivity index (χ1) is 16.1. The van der Waals surface area contributed by atoms with Crippen molar-refractivity contribution in [3.05, 3.63) is 94.7 Å². The quantitative estimate of drug-likeness (QED) is 0.317. The molecule has 0 aliphatic rings. The third kappa shape index (κ3) is 3.82. The first-order valence-corrected chi connectivity index (χ1v) is 9.82. The molecule has 0 aliphatic carbocycles. The minimum atomic E-state index is -0.460. The fourth-order valence-electron chi connectivity index (χ4n) is 3.35. The van der Waals surface area contributed by atoms with Crippen molar-refractivity contribution in [3.63, 3.8) is 0 Å². The molecule has 0 atom stereocenters. The van der Waals surface area contributed by atoms with Crippen molar-refractivity contribution in [3.8, 4) is 23.1 Å². The predicted octanol–water partition coefficient (Wildman–Crippen LogP) is 4.40. The van der Waals surface area contributed by atoms with Gasteiger partial charge < -0.3 is 5.32 Å². The van der Waals surface area contributed by atoms with Crippen LogP contribution in [0.2, 0.25) is 0 Å². The molecule has 3 aromatic heterocycles. The van der Waals surface area contributed by atoms with E-state index in [4.69, 9.17) is 0 Å². The number of anilines is 2. The molecule has 1 N–H and O–H groups in total. The van der Waals surface area contributed by atoms with Gasteiger partial charge in [0, 0.05) is 23.1 Å². The van der Waals surface area contributed by atoms with Crippen LogP contribution in [0, 0.1) is 21.4 Å². The lowest BCUT2D eigenvalue weighted by molar-refractivity contribution is -0.384. The molecular formula is C23H14N8O2. The highest BCUT2D eigenvalue weighted by Crippen LogP contribution is 2.25. The number of nitriles is 1. The molecule has 0 aliphatic heterocycles. The molecule has 0 fully saturated rings. The number of fused-ring (bicyclic) bond motifs is 1. The van der Waals surface area contributed by atoms with Crippen molar-refractivity contribution in [2.24, 2.45) is 0 Å². The van der Waals surface area contributed by atoms with Gasteiger partial charge in [0.2, 0.25) is 0 Å². The van der Waals surface area contributed by atoms with E-state index >= 15 is 0 Å². The van der Waals surface area contributed by atoms with Crippen molar-refractivity contribution < 1.29 is 4.92 Å². The van der Waals surface area contributed by atoms with Crippen LogP contribution in [0.1, 0.15) is 5.56 Å². The van der Waals surface area contributed by atoms with Gasteiger partial charge >= 0.3 is 0 Å². The summed E-state index contributed by atoms with van der Waals surface area (Å²) in [5, 5.41) is 37.3. The molecule has 10 heteroatoms. The van der Waals surface area contributed by atoms with Crippen LogP contribution in [0.4, 0.5) is 17.3 Å². The van der Waals surface area contributed by atoms with E-state index in [-0.39, 0.29) is 5.69 Å². The number of pyridine rings is 1. The molecule has 0 radical (unpaired) electrons. The molecule has 5 rings (SSSR count). The number of nitrogens with zero attached hydrogens (tertiary/aromatic N) is 7. The van der Waals surface area contributed by atoms with Crippen molar-refractivity contribution in [1.82, 2.24) is 25.0 Å². The Hall–Kier alpha value is -5.17. The van der Waals surface area contributed by atoms with E-state index in [9.17, 15) is 15.4 Å². The van der Waals surface area contributed by atoms with Gasteiger partial charge in [-0.2, -0.15) is 15.0 Å². The second-order valence-electron chi connectivity index (χ2n) is 7.03. The minimum absolute atomic E-state index is 0.0260. The van der Waals surface area contributed by atoms with Gasteiger partial charge in [-0.15, -0.1) is 10.2 Å². The molecule has 0 saturated heterocycles. The Kier molecular flexibility index (Phi) is 4.89. The van der Waals surface area contributed by atoms with Gasteiger partial charge in [-0.1, -0.05) is 30.3 Å². The number of nitro benzene ring substituents is 1. The van der Waals surface area contributed by atoms with E-state index in [1.165, 1.54) is 23.0 Å². The van der Waals surface area contributed by atoms with Crippen molar-refractivity contribution in [1.29, 1.82) is 5.26 Å². The van der Waals surface area contributed by atoms with E-state index in [0.29, 0.717) is 34.3 Å². The molecular weight excluding hydrogens is 420 g/mol. The van der Waals surface area contributed by atoms with E-state index in [1.807, 2.05) is 36.4 Å². The first kappa shape index (κ1) is 19.8. The maximum Gasteiger partial charge on any atom is 0.270 e. The lowest BCUT2D eigenvalue weighted by atomic mass is 10.1. The molecule has 0 unspecified atom stereocenters. The summed E-state index contributed by atoms with van der Waals surface area (Å²) < 4.78 is 1.53. The average Bonchev–Trinajstić information content (AvgIpc) is 3.26.